The number of aliphatic hydroxyl groups is 1. The number of phenolic OH excluding ortho intramolecular Hbond substituents is 1. The molecule has 208 valence electrons. The molecule has 0 unspecified atom stereocenters. The van der Waals surface area contributed by atoms with Crippen LogP contribution in [0, 0.1) is 0 Å². The number of rotatable bonds is 4. The van der Waals surface area contributed by atoms with Crippen LogP contribution in [0.1, 0.15) is 42.9 Å². The first-order chi connectivity index (χ1) is 18.3. The summed E-state index contributed by atoms with van der Waals surface area (Å²) in [6, 6.07) is 8.39. The molecule has 2 aromatic carbocycles. The van der Waals surface area contributed by atoms with Crippen LogP contribution in [0.2, 0.25) is 0 Å². The lowest BCUT2D eigenvalue weighted by molar-refractivity contribution is -0.274. The number of likely N-dealkylation sites (tertiary alicyclic amines) is 1. The van der Waals surface area contributed by atoms with Crippen LogP contribution >= 0.6 is 0 Å². The molecule has 1 saturated heterocycles. The van der Waals surface area contributed by atoms with Gasteiger partial charge in [0.2, 0.25) is 5.91 Å². The van der Waals surface area contributed by atoms with Gasteiger partial charge in [0.15, 0.2) is 11.5 Å². The second-order valence-electron chi connectivity index (χ2n) is 11.4. The lowest BCUT2D eigenvalue weighted by Crippen LogP contribution is -2.81. The second-order valence-corrected chi connectivity index (χ2v) is 11.4. The van der Waals surface area contributed by atoms with Crippen molar-refractivity contribution in [1.82, 2.24) is 9.80 Å². The minimum atomic E-state index is -4.81. The summed E-state index contributed by atoms with van der Waals surface area (Å²) in [5.41, 5.74) is -0.651. The standard InChI is InChI=1S/C29H31F3N2O5/c1-26-21(34(3)23(36)10-7-17-5-4-6-19(15-17)38-29(30,31)32)11-12-28(37)22-16-18-8-9-20(35)25(39-26)24(18)27(26,28)13-14-33(22)2/h4-10,15,21-22,35,37H,11-14,16H2,1-3H3/t21-,22-,26+,27+,28-/m1/s1. The van der Waals surface area contributed by atoms with E-state index in [0.29, 0.717) is 37.0 Å². The summed E-state index contributed by atoms with van der Waals surface area (Å²) in [7, 11) is 3.70. The first kappa shape index (κ1) is 26.0. The number of amides is 1. The molecule has 5 atom stereocenters. The summed E-state index contributed by atoms with van der Waals surface area (Å²) in [6.07, 6.45) is 0.148. The fourth-order valence-electron chi connectivity index (χ4n) is 8.00. The molecule has 6 rings (SSSR count). The van der Waals surface area contributed by atoms with Crippen molar-refractivity contribution in [3.05, 3.63) is 59.2 Å². The summed E-state index contributed by atoms with van der Waals surface area (Å²) in [5, 5.41) is 23.2. The molecule has 2 aliphatic carbocycles. The lowest BCUT2D eigenvalue weighted by Gasteiger charge is -2.67. The Morgan fingerprint density at radius 1 is 1.26 bits per heavy atom. The molecule has 2 fully saturated rings. The van der Waals surface area contributed by atoms with E-state index in [1.165, 1.54) is 30.4 Å². The maximum Gasteiger partial charge on any atom is 0.573 e. The number of benzene rings is 2. The van der Waals surface area contributed by atoms with Crippen LogP contribution in [-0.4, -0.2) is 76.2 Å². The molecule has 0 aromatic heterocycles. The molecule has 39 heavy (non-hydrogen) atoms. The molecule has 7 nitrogen and oxygen atoms in total. The third-order valence-electron chi connectivity index (χ3n) is 9.65. The van der Waals surface area contributed by atoms with Crippen molar-refractivity contribution in [3.8, 4) is 17.2 Å². The topological polar surface area (TPSA) is 82.5 Å². The Kier molecular flexibility index (Phi) is 5.59. The van der Waals surface area contributed by atoms with Crippen LogP contribution in [0.5, 0.6) is 17.2 Å². The van der Waals surface area contributed by atoms with E-state index in [9.17, 15) is 28.2 Å². The Hall–Kier alpha value is -3.24. The van der Waals surface area contributed by atoms with Gasteiger partial charge in [0, 0.05) is 24.7 Å². The van der Waals surface area contributed by atoms with Crippen molar-refractivity contribution in [2.24, 2.45) is 0 Å². The fraction of sp³-hybridized carbons (Fsp3) is 0.483. The van der Waals surface area contributed by atoms with Crippen LogP contribution in [0.25, 0.3) is 6.08 Å². The number of carbonyl (C=O) groups excluding carboxylic acids is 1. The SMILES string of the molecule is CN1CC[C@]23c4c5ccc(O)c4O[C@@]2(C)[C@H](N(C)C(=O)C=Cc2cccc(OC(F)(F)F)c2)CC[C@@]3(O)[C@H]1C5. The van der Waals surface area contributed by atoms with Gasteiger partial charge in [0.05, 0.1) is 17.1 Å². The second kappa shape index (κ2) is 8.38. The highest BCUT2D eigenvalue weighted by molar-refractivity contribution is 5.92. The number of piperidine rings is 1. The van der Waals surface area contributed by atoms with E-state index in [4.69, 9.17) is 4.74 Å². The molecular formula is C29H31F3N2O5. The first-order valence-electron chi connectivity index (χ1n) is 13.1. The molecular weight excluding hydrogens is 513 g/mol. The van der Waals surface area contributed by atoms with E-state index < -0.39 is 29.0 Å². The van der Waals surface area contributed by atoms with Gasteiger partial charge in [-0.1, -0.05) is 18.2 Å². The Morgan fingerprint density at radius 2 is 2.03 bits per heavy atom. The van der Waals surface area contributed by atoms with Gasteiger partial charge >= 0.3 is 6.36 Å². The zero-order valence-corrected chi connectivity index (χ0v) is 22.0. The van der Waals surface area contributed by atoms with Gasteiger partial charge in [0.25, 0.3) is 0 Å². The van der Waals surface area contributed by atoms with Crippen LogP contribution < -0.4 is 9.47 Å². The molecule has 1 saturated carbocycles. The number of hydrogen-bond acceptors (Lipinski definition) is 6. The van der Waals surface area contributed by atoms with Crippen LogP contribution in [-0.2, 0) is 16.6 Å². The predicted octanol–water partition coefficient (Wildman–Crippen LogP) is 4.01. The number of carbonyl (C=O) groups is 1. The first-order valence-corrected chi connectivity index (χ1v) is 13.1. The van der Waals surface area contributed by atoms with E-state index in [1.54, 1.807) is 24.1 Å². The zero-order valence-electron chi connectivity index (χ0n) is 22.0. The number of hydrogen-bond donors (Lipinski definition) is 2. The van der Waals surface area contributed by atoms with Gasteiger partial charge in [-0.15, -0.1) is 13.2 Å². The van der Waals surface area contributed by atoms with E-state index in [1.807, 2.05) is 20.0 Å². The maximum absolute atomic E-state index is 13.4. The minimum Gasteiger partial charge on any atom is -0.504 e. The maximum atomic E-state index is 13.4. The number of alkyl halides is 3. The molecule has 4 aliphatic rings. The summed E-state index contributed by atoms with van der Waals surface area (Å²) in [6.45, 7) is 2.67. The van der Waals surface area contributed by atoms with Gasteiger partial charge in [-0.3, -0.25) is 4.79 Å². The largest absolute Gasteiger partial charge is 0.573 e. The van der Waals surface area contributed by atoms with E-state index in [2.05, 4.69) is 9.64 Å². The average Bonchev–Trinajstić information content (AvgIpc) is 3.14. The third-order valence-corrected chi connectivity index (χ3v) is 9.65. The molecule has 1 spiro atoms. The molecule has 2 aromatic rings. The quantitative estimate of drug-likeness (QED) is 0.567. The lowest BCUT2D eigenvalue weighted by atomic mass is 9.44. The smallest absolute Gasteiger partial charge is 0.504 e. The van der Waals surface area contributed by atoms with Crippen molar-refractivity contribution in [2.75, 3.05) is 20.6 Å². The van der Waals surface area contributed by atoms with Crippen molar-refractivity contribution >= 4 is 12.0 Å². The van der Waals surface area contributed by atoms with Crippen LogP contribution in [0.3, 0.4) is 0 Å². The number of nitrogens with zero attached hydrogens (tertiary/aromatic N) is 2. The summed E-state index contributed by atoms with van der Waals surface area (Å²) < 4.78 is 48.4. The normalized spacial score (nSPS) is 33.0. The minimum absolute atomic E-state index is 0.0204. The highest BCUT2D eigenvalue weighted by atomic mass is 19.4. The van der Waals surface area contributed by atoms with Crippen molar-refractivity contribution in [3.63, 3.8) is 0 Å². The predicted molar refractivity (Wildman–Crippen MR) is 136 cm³/mol. The molecule has 2 aliphatic heterocycles. The highest BCUT2D eigenvalue weighted by Gasteiger charge is 2.78. The molecule has 2 N–H and O–H groups in total. The summed E-state index contributed by atoms with van der Waals surface area (Å²) >= 11 is 0. The monoisotopic (exact) mass is 544 g/mol. The summed E-state index contributed by atoms with van der Waals surface area (Å²) in [4.78, 5) is 17.2. The summed E-state index contributed by atoms with van der Waals surface area (Å²) in [5.74, 6) is -0.312. The molecule has 2 heterocycles. The average molecular weight is 545 g/mol. The Balaban J connectivity index is 1.34. The van der Waals surface area contributed by atoms with E-state index in [0.717, 1.165) is 17.7 Å². The van der Waals surface area contributed by atoms with Gasteiger partial charge in [0.1, 0.15) is 11.4 Å². The Labute approximate surface area is 224 Å². The van der Waals surface area contributed by atoms with E-state index >= 15 is 0 Å². The van der Waals surface area contributed by atoms with E-state index in [-0.39, 0.29) is 23.4 Å². The Bertz CT molecular complexity index is 1380. The number of aromatic hydroxyl groups is 1. The fourth-order valence-corrected chi connectivity index (χ4v) is 8.00. The number of halogens is 3. The Morgan fingerprint density at radius 3 is 2.77 bits per heavy atom. The van der Waals surface area contributed by atoms with Crippen LogP contribution in [0.4, 0.5) is 13.2 Å². The van der Waals surface area contributed by atoms with Crippen molar-refractivity contribution < 1.29 is 37.7 Å². The molecule has 10 heteroatoms. The van der Waals surface area contributed by atoms with Gasteiger partial charge in [-0.25, -0.2) is 0 Å². The van der Waals surface area contributed by atoms with Gasteiger partial charge in [-0.2, -0.15) is 0 Å². The van der Waals surface area contributed by atoms with Gasteiger partial charge < -0.3 is 29.5 Å². The van der Waals surface area contributed by atoms with Crippen molar-refractivity contribution in [2.45, 2.75) is 67.7 Å². The number of likely N-dealkylation sites (N-methyl/N-ethyl adjacent to an activating group) is 2. The molecule has 1 amide bonds. The number of ether oxygens (including phenoxy) is 2. The zero-order chi connectivity index (χ0) is 28.0. The van der Waals surface area contributed by atoms with Crippen molar-refractivity contribution in [1.29, 1.82) is 0 Å². The highest BCUT2D eigenvalue weighted by Crippen LogP contribution is 2.69. The third kappa shape index (κ3) is 3.53. The van der Waals surface area contributed by atoms with Crippen LogP contribution in [0.15, 0.2) is 42.5 Å². The van der Waals surface area contributed by atoms with Gasteiger partial charge in [-0.05, 0) is 81.6 Å². The number of phenols is 1. The molecule has 2 bridgehead atoms. The molecule has 0 radical (unpaired) electrons.